The zero-order valence-corrected chi connectivity index (χ0v) is 16.9. The van der Waals surface area contributed by atoms with Crippen LogP contribution >= 0.6 is 0 Å². The monoisotopic (exact) mass is 340 g/mol. The molecule has 0 fully saturated rings. The Hall–Kier alpha value is -0.530. The van der Waals surface area contributed by atoms with Crippen molar-refractivity contribution in [3.8, 4) is 0 Å². The molecule has 0 aliphatic rings. The van der Waals surface area contributed by atoms with Gasteiger partial charge in [0, 0.05) is 0 Å². The van der Waals surface area contributed by atoms with Crippen LogP contribution in [0.5, 0.6) is 0 Å². The molecule has 0 saturated carbocycles. The molecule has 2 heteroatoms. The van der Waals surface area contributed by atoms with Crippen LogP contribution in [0.15, 0.2) is 0 Å². The third-order valence-electron chi connectivity index (χ3n) is 5.09. The first-order valence-corrected chi connectivity index (χ1v) is 10.7. The normalized spacial score (nSPS) is 11.8. The van der Waals surface area contributed by atoms with Gasteiger partial charge in [-0.1, -0.05) is 117 Å². The van der Waals surface area contributed by atoms with E-state index in [4.69, 9.17) is 5.11 Å². The van der Waals surface area contributed by atoms with Gasteiger partial charge in [0.1, 0.15) is 0 Å². The Morgan fingerprint density at radius 3 is 1.33 bits per heavy atom. The van der Waals surface area contributed by atoms with Crippen LogP contribution in [0.4, 0.5) is 0 Å². The van der Waals surface area contributed by atoms with Crippen molar-refractivity contribution in [1.82, 2.24) is 0 Å². The van der Waals surface area contributed by atoms with Crippen molar-refractivity contribution in [3.63, 3.8) is 0 Å². The summed E-state index contributed by atoms with van der Waals surface area (Å²) in [5.41, 5.74) is -0.0393. The van der Waals surface area contributed by atoms with Crippen LogP contribution in [-0.2, 0) is 4.79 Å². The third-order valence-corrected chi connectivity index (χ3v) is 5.09. The lowest BCUT2D eigenvalue weighted by Crippen LogP contribution is -2.16. The summed E-state index contributed by atoms with van der Waals surface area (Å²) in [5, 5.41) is 8.87. The summed E-state index contributed by atoms with van der Waals surface area (Å²) in [4.78, 5) is 10.8. The highest BCUT2D eigenvalue weighted by molar-refractivity contribution is 5.67. The van der Waals surface area contributed by atoms with E-state index in [1.807, 2.05) is 0 Å². The summed E-state index contributed by atoms with van der Waals surface area (Å²) < 4.78 is 0. The molecule has 144 valence electrons. The standard InChI is InChI=1S/C22H44O2/c1-4-5-6-7-8-9-10-11-12-13-14-15-16-17-18-19-22(2,3)20-21(23)24/h4-20H2,1-3H3,(H,23,24). The molecule has 0 aliphatic heterocycles. The van der Waals surface area contributed by atoms with E-state index in [-0.39, 0.29) is 5.41 Å². The fourth-order valence-electron chi connectivity index (χ4n) is 3.47. The first-order chi connectivity index (χ1) is 11.5. The maximum absolute atomic E-state index is 10.8. The van der Waals surface area contributed by atoms with Gasteiger partial charge in [-0.15, -0.1) is 0 Å². The van der Waals surface area contributed by atoms with Crippen LogP contribution in [0.2, 0.25) is 0 Å². The number of aliphatic carboxylic acids is 1. The number of hydrogen-bond acceptors (Lipinski definition) is 1. The van der Waals surface area contributed by atoms with Crippen molar-refractivity contribution in [2.24, 2.45) is 5.41 Å². The number of rotatable bonds is 18. The molecule has 0 spiro atoms. The highest BCUT2D eigenvalue weighted by Crippen LogP contribution is 2.28. The maximum Gasteiger partial charge on any atom is 0.303 e. The van der Waals surface area contributed by atoms with Crippen molar-refractivity contribution in [1.29, 1.82) is 0 Å². The summed E-state index contributed by atoms with van der Waals surface area (Å²) >= 11 is 0. The molecule has 0 amide bonds. The minimum Gasteiger partial charge on any atom is -0.481 e. The van der Waals surface area contributed by atoms with E-state index in [0.29, 0.717) is 6.42 Å². The van der Waals surface area contributed by atoms with E-state index in [0.717, 1.165) is 6.42 Å². The Bertz CT molecular complexity index is 284. The predicted molar refractivity (Wildman–Crippen MR) is 106 cm³/mol. The SMILES string of the molecule is CCCCCCCCCCCCCCCCCC(C)(C)CC(=O)O. The largest absolute Gasteiger partial charge is 0.481 e. The lowest BCUT2D eigenvalue weighted by atomic mass is 9.83. The number of carboxylic acids is 1. The first kappa shape index (κ1) is 23.5. The van der Waals surface area contributed by atoms with Gasteiger partial charge in [0.15, 0.2) is 0 Å². The second-order valence-electron chi connectivity index (χ2n) is 8.43. The van der Waals surface area contributed by atoms with Gasteiger partial charge in [-0.2, -0.15) is 0 Å². The Morgan fingerprint density at radius 1 is 0.667 bits per heavy atom. The molecule has 0 bridgehead atoms. The molecule has 0 heterocycles. The Labute approximate surface area is 151 Å². The number of unbranched alkanes of at least 4 members (excludes halogenated alkanes) is 14. The average molecular weight is 341 g/mol. The minimum atomic E-state index is -0.666. The zero-order chi connectivity index (χ0) is 18.1. The van der Waals surface area contributed by atoms with Crippen molar-refractivity contribution in [3.05, 3.63) is 0 Å². The quantitative estimate of drug-likeness (QED) is 0.259. The molecule has 0 saturated heterocycles. The summed E-state index contributed by atoms with van der Waals surface area (Å²) in [5.74, 6) is -0.666. The molecular formula is C22H44O2. The molecule has 1 N–H and O–H groups in total. The second kappa shape index (κ2) is 16.0. The van der Waals surface area contributed by atoms with Crippen molar-refractivity contribution in [2.45, 2.75) is 130 Å². The summed E-state index contributed by atoms with van der Waals surface area (Å²) in [7, 11) is 0. The van der Waals surface area contributed by atoms with E-state index in [1.165, 1.54) is 96.3 Å². The molecule has 0 rings (SSSR count). The third kappa shape index (κ3) is 17.8. The van der Waals surface area contributed by atoms with Crippen molar-refractivity contribution >= 4 is 5.97 Å². The van der Waals surface area contributed by atoms with E-state index >= 15 is 0 Å². The van der Waals surface area contributed by atoms with Crippen molar-refractivity contribution in [2.75, 3.05) is 0 Å². The molecule has 2 nitrogen and oxygen atoms in total. The van der Waals surface area contributed by atoms with E-state index < -0.39 is 5.97 Å². The summed E-state index contributed by atoms with van der Waals surface area (Å²) in [6.45, 7) is 6.43. The number of carboxylic acid groups (broad SMARTS) is 1. The fourth-order valence-corrected chi connectivity index (χ4v) is 3.47. The molecule has 0 aliphatic carbocycles. The van der Waals surface area contributed by atoms with Gasteiger partial charge < -0.3 is 5.11 Å². The van der Waals surface area contributed by atoms with E-state index in [2.05, 4.69) is 20.8 Å². The molecular weight excluding hydrogens is 296 g/mol. The van der Waals surface area contributed by atoms with Gasteiger partial charge in [-0.25, -0.2) is 0 Å². The molecule has 0 aromatic rings. The lowest BCUT2D eigenvalue weighted by molar-refractivity contribution is -0.139. The second-order valence-corrected chi connectivity index (χ2v) is 8.43. The van der Waals surface area contributed by atoms with Crippen LogP contribution in [0.25, 0.3) is 0 Å². The lowest BCUT2D eigenvalue weighted by Gasteiger charge is -2.21. The number of carbonyl (C=O) groups is 1. The molecule has 0 atom stereocenters. The molecule has 0 unspecified atom stereocenters. The fraction of sp³-hybridized carbons (Fsp3) is 0.955. The van der Waals surface area contributed by atoms with E-state index in [1.54, 1.807) is 0 Å². The van der Waals surface area contributed by atoms with Crippen LogP contribution in [0, 0.1) is 5.41 Å². The summed E-state index contributed by atoms with van der Waals surface area (Å²) in [6.07, 6.45) is 22.0. The summed E-state index contributed by atoms with van der Waals surface area (Å²) in [6, 6.07) is 0. The maximum atomic E-state index is 10.8. The Kier molecular flexibility index (Phi) is 15.6. The van der Waals surface area contributed by atoms with Crippen LogP contribution < -0.4 is 0 Å². The van der Waals surface area contributed by atoms with Gasteiger partial charge >= 0.3 is 5.97 Å². The number of hydrogen-bond donors (Lipinski definition) is 1. The van der Waals surface area contributed by atoms with Crippen LogP contribution in [0.1, 0.15) is 130 Å². The molecule has 0 radical (unpaired) electrons. The van der Waals surface area contributed by atoms with Gasteiger partial charge in [-0.05, 0) is 11.8 Å². The Morgan fingerprint density at radius 2 is 1.00 bits per heavy atom. The van der Waals surface area contributed by atoms with E-state index in [9.17, 15) is 4.79 Å². The van der Waals surface area contributed by atoms with Gasteiger partial charge in [0.25, 0.3) is 0 Å². The highest BCUT2D eigenvalue weighted by atomic mass is 16.4. The zero-order valence-electron chi connectivity index (χ0n) is 16.9. The van der Waals surface area contributed by atoms with Crippen LogP contribution in [0.3, 0.4) is 0 Å². The minimum absolute atomic E-state index is 0.0393. The van der Waals surface area contributed by atoms with Gasteiger partial charge in [0.05, 0.1) is 6.42 Å². The average Bonchev–Trinajstić information content (AvgIpc) is 2.49. The smallest absolute Gasteiger partial charge is 0.303 e. The Balaban J connectivity index is 3.19. The van der Waals surface area contributed by atoms with Crippen LogP contribution in [-0.4, -0.2) is 11.1 Å². The van der Waals surface area contributed by atoms with Gasteiger partial charge in [-0.3, -0.25) is 4.79 Å². The van der Waals surface area contributed by atoms with Crippen molar-refractivity contribution < 1.29 is 9.90 Å². The molecule has 24 heavy (non-hydrogen) atoms. The predicted octanol–water partition coefficient (Wildman–Crippen LogP) is 7.75. The highest BCUT2D eigenvalue weighted by Gasteiger charge is 2.20. The molecule has 0 aromatic carbocycles. The van der Waals surface area contributed by atoms with Gasteiger partial charge in [0.2, 0.25) is 0 Å². The molecule has 0 aromatic heterocycles. The topological polar surface area (TPSA) is 37.3 Å². The first-order valence-electron chi connectivity index (χ1n) is 10.7.